The Morgan fingerprint density at radius 1 is 1.36 bits per heavy atom. The molecule has 22 heavy (non-hydrogen) atoms. The standard InChI is InChI=1S/C13H13N3O6/c1-12(2)21-9-7(5-17)20-13(6-14,10(9)22-12)16-4-3-8(18)15-11(16)19/h3-5,7,9-10H,1-2H3,(H,15,18,19)/t7-,9-,10-,13-/m1/s1. The summed E-state index contributed by atoms with van der Waals surface area (Å²) in [6.07, 6.45) is -1.26. The highest BCUT2D eigenvalue weighted by Crippen LogP contribution is 2.45. The van der Waals surface area contributed by atoms with Crippen molar-refractivity contribution in [3.05, 3.63) is 33.1 Å². The monoisotopic (exact) mass is 307 g/mol. The number of aldehydes is 1. The van der Waals surface area contributed by atoms with Crippen molar-refractivity contribution in [3.63, 3.8) is 0 Å². The number of H-pyrrole nitrogens is 1. The van der Waals surface area contributed by atoms with Crippen molar-refractivity contribution in [2.75, 3.05) is 0 Å². The molecule has 0 bridgehead atoms. The number of ether oxygens (including phenoxy) is 3. The number of aromatic amines is 1. The first-order valence-electron chi connectivity index (χ1n) is 6.55. The predicted octanol–water partition coefficient (Wildman–Crippen LogP) is -1.17. The lowest BCUT2D eigenvalue weighted by molar-refractivity contribution is -0.212. The summed E-state index contributed by atoms with van der Waals surface area (Å²) in [7, 11) is 0. The molecule has 1 N–H and O–H groups in total. The Morgan fingerprint density at radius 3 is 2.68 bits per heavy atom. The van der Waals surface area contributed by atoms with Gasteiger partial charge in [0.15, 0.2) is 18.2 Å². The Balaban J connectivity index is 2.17. The first-order chi connectivity index (χ1) is 10.3. The van der Waals surface area contributed by atoms with Crippen LogP contribution < -0.4 is 11.2 Å². The number of carbonyl (C=O) groups excluding carboxylic acids is 1. The second-order valence-electron chi connectivity index (χ2n) is 5.53. The third-order valence-electron chi connectivity index (χ3n) is 3.63. The van der Waals surface area contributed by atoms with Crippen molar-refractivity contribution < 1.29 is 19.0 Å². The van der Waals surface area contributed by atoms with Gasteiger partial charge in [-0.3, -0.25) is 14.3 Å². The van der Waals surface area contributed by atoms with Crippen LogP contribution in [0.4, 0.5) is 0 Å². The van der Waals surface area contributed by atoms with E-state index in [0.717, 1.165) is 16.8 Å². The minimum atomic E-state index is -1.90. The molecule has 0 radical (unpaired) electrons. The number of aromatic nitrogens is 2. The van der Waals surface area contributed by atoms with Crippen LogP contribution in [0.25, 0.3) is 0 Å². The van der Waals surface area contributed by atoms with Gasteiger partial charge in [0, 0.05) is 12.3 Å². The Bertz CT molecular complexity index is 775. The van der Waals surface area contributed by atoms with Gasteiger partial charge in [0.05, 0.1) is 0 Å². The van der Waals surface area contributed by atoms with E-state index in [-0.39, 0.29) is 0 Å². The lowest BCUT2D eigenvalue weighted by atomic mass is 10.0. The Hall–Kier alpha value is -2.28. The molecule has 3 rings (SSSR count). The number of nitrogens with zero attached hydrogens (tertiary/aromatic N) is 2. The van der Waals surface area contributed by atoms with E-state index in [2.05, 4.69) is 0 Å². The van der Waals surface area contributed by atoms with Gasteiger partial charge in [-0.1, -0.05) is 0 Å². The second kappa shape index (κ2) is 4.61. The predicted molar refractivity (Wildman–Crippen MR) is 69.7 cm³/mol. The first-order valence-corrected chi connectivity index (χ1v) is 6.55. The molecule has 0 spiro atoms. The Morgan fingerprint density at radius 2 is 2.09 bits per heavy atom. The summed E-state index contributed by atoms with van der Waals surface area (Å²) in [5.41, 5.74) is -3.35. The fourth-order valence-corrected chi connectivity index (χ4v) is 2.80. The molecule has 0 amide bonds. The van der Waals surface area contributed by atoms with Crippen LogP contribution in [0.15, 0.2) is 21.9 Å². The van der Waals surface area contributed by atoms with Crippen LogP contribution in [0.1, 0.15) is 13.8 Å². The maximum Gasteiger partial charge on any atom is 0.331 e. The molecule has 4 atom stereocenters. The molecule has 0 aliphatic carbocycles. The quantitative estimate of drug-likeness (QED) is 0.683. The van der Waals surface area contributed by atoms with Gasteiger partial charge in [-0.25, -0.2) is 4.79 Å². The largest absolute Gasteiger partial charge is 0.341 e. The number of fused-ring (bicyclic) bond motifs is 1. The Kier molecular flexibility index (Phi) is 3.07. The van der Waals surface area contributed by atoms with Crippen LogP contribution >= 0.6 is 0 Å². The zero-order chi connectivity index (χ0) is 16.1. The third-order valence-corrected chi connectivity index (χ3v) is 3.63. The summed E-state index contributed by atoms with van der Waals surface area (Å²) in [5, 5.41) is 9.62. The van der Waals surface area contributed by atoms with Crippen LogP contribution in [0, 0.1) is 11.3 Å². The van der Waals surface area contributed by atoms with Gasteiger partial charge in [-0.05, 0) is 13.8 Å². The summed E-state index contributed by atoms with van der Waals surface area (Å²) < 4.78 is 17.7. The highest BCUT2D eigenvalue weighted by Gasteiger charge is 2.65. The van der Waals surface area contributed by atoms with Crippen molar-refractivity contribution in [1.29, 1.82) is 5.26 Å². The molecule has 2 aliphatic rings. The summed E-state index contributed by atoms with van der Waals surface area (Å²) in [4.78, 5) is 36.5. The van der Waals surface area contributed by atoms with E-state index >= 15 is 0 Å². The zero-order valence-corrected chi connectivity index (χ0v) is 11.8. The second-order valence-corrected chi connectivity index (χ2v) is 5.53. The molecular formula is C13H13N3O6. The lowest BCUT2D eigenvalue weighted by Gasteiger charge is -2.29. The number of hydrogen-bond acceptors (Lipinski definition) is 7. The van der Waals surface area contributed by atoms with Gasteiger partial charge in [0.1, 0.15) is 18.3 Å². The fourth-order valence-electron chi connectivity index (χ4n) is 2.80. The van der Waals surface area contributed by atoms with E-state index in [1.165, 1.54) is 0 Å². The molecule has 9 heteroatoms. The molecule has 2 aliphatic heterocycles. The maximum atomic E-state index is 12.0. The summed E-state index contributed by atoms with van der Waals surface area (Å²) in [6.45, 7) is 3.26. The topological polar surface area (TPSA) is 123 Å². The number of hydrogen-bond donors (Lipinski definition) is 1. The first kappa shape index (κ1) is 14.6. The van der Waals surface area contributed by atoms with Gasteiger partial charge in [0.2, 0.25) is 0 Å². The molecule has 0 aromatic carbocycles. The molecule has 0 saturated carbocycles. The van der Waals surface area contributed by atoms with Crippen molar-refractivity contribution in [2.24, 2.45) is 0 Å². The van der Waals surface area contributed by atoms with E-state index in [1.54, 1.807) is 13.8 Å². The number of carbonyl (C=O) groups is 1. The van der Waals surface area contributed by atoms with Crippen LogP contribution in [0.3, 0.4) is 0 Å². The summed E-state index contributed by atoms with van der Waals surface area (Å²) in [5.74, 6) is -1.03. The average molecular weight is 307 g/mol. The summed E-state index contributed by atoms with van der Waals surface area (Å²) >= 11 is 0. The van der Waals surface area contributed by atoms with Crippen molar-refractivity contribution in [2.45, 2.75) is 43.7 Å². The number of nitriles is 1. The minimum Gasteiger partial charge on any atom is -0.341 e. The fraction of sp³-hybridized carbons (Fsp3) is 0.538. The average Bonchev–Trinajstić information content (AvgIpc) is 2.91. The van der Waals surface area contributed by atoms with Crippen LogP contribution in [-0.4, -0.2) is 39.9 Å². The van der Waals surface area contributed by atoms with Gasteiger partial charge in [-0.2, -0.15) is 5.26 Å². The molecule has 1 aromatic heterocycles. The van der Waals surface area contributed by atoms with Crippen molar-refractivity contribution >= 4 is 6.29 Å². The van der Waals surface area contributed by atoms with Gasteiger partial charge in [-0.15, -0.1) is 0 Å². The summed E-state index contributed by atoms with van der Waals surface area (Å²) in [6, 6.07) is 2.96. The zero-order valence-electron chi connectivity index (χ0n) is 11.8. The van der Waals surface area contributed by atoms with Crippen LogP contribution in [-0.2, 0) is 24.7 Å². The van der Waals surface area contributed by atoms with E-state index in [4.69, 9.17) is 14.2 Å². The minimum absolute atomic E-state index is 0.498. The molecule has 2 saturated heterocycles. The van der Waals surface area contributed by atoms with E-state index in [1.807, 2.05) is 11.1 Å². The molecule has 0 unspecified atom stereocenters. The van der Waals surface area contributed by atoms with Gasteiger partial charge in [0.25, 0.3) is 11.3 Å². The molecule has 9 nitrogen and oxygen atoms in total. The molecule has 116 valence electrons. The SMILES string of the molecule is CC1(C)O[C@H]2[C@@H](O1)[C@](C#N)(n1ccc(=O)[nH]c1=O)O[C@@H]2C=O. The van der Waals surface area contributed by atoms with Crippen molar-refractivity contribution in [1.82, 2.24) is 9.55 Å². The molecule has 1 aromatic rings. The number of nitrogens with one attached hydrogen (secondary N) is 1. The van der Waals surface area contributed by atoms with E-state index in [9.17, 15) is 19.6 Å². The highest BCUT2D eigenvalue weighted by atomic mass is 16.8. The van der Waals surface area contributed by atoms with Gasteiger partial charge >= 0.3 is 5.69 Å². The normalized spacial score (nSPS) is 35.8. The highest BCUT2D eigenvalue weighted by molar-refractivity contribution is 5.59. The van der Waals surface area contributed by atoms with Crippen LogP contribution in [0.5, 0.6) is 0 Å². The number of rotatable bonds is 2. The molecular weight excluding hydrogens is 294 g/mol. The van der Waals surface area contributed by atoms with Crippen LogP contribution in [0.2, 0.25) is 0 Å². The molecule has 3 heterocycles. The van der Waals surface area contributed by atoms with E-state index in [0.29, 0.717) is 6.29 Å². The Labute approximate surface area is 124 Å². The van der Waals surface area contributed by atoms with Crippen molar-refractivity contribution in [3.8, 4) is 6.07 Å². The van der Waals surface area contributed by atoms with E-state index < -0.39 is 41.1 Å². The maximum absolute atomic E-state index is 12.0. The van der Waals surface area contributed by atoms with Gasteiger partial charge < -0.3 is 19.0 Å². The smallest absolute Gasteiger partial charge is 0.331 e. The third kappa shape index (κ3) is 1.93. The molecule has 2 fully saturated rings. The lowest BCUT2D eigenvalue weighted by Crippen LogP contribution is -2.50.